The van der Waals surface area contributed by atoms with Crippen LogP contribution in [0.4, 0.5) is 5.13 Å². The first-order valence-corrected chi connectivity index (χ1v) is 15.9. The van der Waals surface area contributed by atoms with Gasteiger partial charge in [0.15, 0.2) is 5.13 Å². The molecule has 1 heterocycles. The fourth-order valence-electron chi connectivity index (χ4n) is 3.88. The summed E-state index contributed by atoms with van der Waals surface area (Å²) in [6.45, 7) is 10.1. The van der Waals surface area contributed by atoms with Crippen LogP contribution in [0.15, 0.2) is 52.3 Å². The topological polar surface area (TPSA) is 73.8 Å². The molecule has 0 spiro atoms. The normalized spacial score (nSPS) is 12.4. The van der Waals surface area contributed by atoms with E-state index in [1.54, 1.807) is 45.2 Å². The van der Waals surface area contributed by atoms with Crippen LogP contribution >= 0.6 is 23.1 Å². The van der Waals surface area contributed by atoms with E-state index < -0.39 is 10.0 Å². The molecule has 0 saturated heterocycles. The Hall–Kier alpha value is -1.98. The summed E-state index contributed by atoms with van der Waals surface area (Å²) in [6, 6.07) is 12.4. The van der Waals surface area contributed by atoms with Crippen LogP contribution < -0.4 is 4.90 Å². The van der Waals surface area contributed by atoms with Gasteiger partial charge < -0.3 is 4.90 Å². The van der Waals surface area contributed by atoms with Crippen LogP contribution in [-0.2, 0) is 10.0 Å². The second kappa shape index (κ2) is 12.7. The van der Waals surface area contributed by atoms with E-state index >= 15 is 0 Å². The van der Waals surface area contributed by atoms with Crippen molar-refractivity contribution < 1.29 is 13.2 Å². The summed E-state index contributed by atoms with van der Waals surface area (Å²) in [7, 11) is 0.266. The molecule has 0 N–H and O–H groups in total. The monoisotopic (exact) mass is 562 g/mol. The van der Waals surface area contributed by atoms with Crippen LogP contribution in [0.1, 0.15) is 38.1 Å². The van der Waals surface area contributed by atoms with Gasteiger partial charge in [-0.3, -0.25) is 9.69 Å². The van der Waals surface area contributed by atoms with Gasteiger partial charge in [-0.2, -0.15) is 4.31 Å². The molecule has 0 unspecified atom stereocenters. The van der Waals surface area contributed by atoms with Crippen molar-refractivity contribution in [3.63, 3.8) is 0 Å². The molecule has 0 saturated carbocycles. The van der Waals surface area contributed by atoms with Gasteiger partial charge in [0, 0.05) is 36.6 Å². The van der Waals surface area contributed by atoms with E-state index in [1.165, 1.54) is 11.3 Å². The lowest BCUT2D eigenvalue weighted by atomic mass is 10.2. The molecule has 0 aliphatic rings. The molecule has 0 fully saturated rings. The van der Waals surface area contributed by atoms with E-state index in [-0.39, 0.29) is 22.6 Å². The van der Waals surface area contributed by atoms with Crippen LogP contribution in [0, 0.1) is 11.8 Å². The second-order valence-corrected chi connectivity index (χ2v) is 14.1. The van der Waals surface area contributed by atoms with Crippen LogP contribution in [0.3, 0.4) is 0 Å². The maximum Gasteiger partial charge on any atom is 0.260 e. The minimum Gasteiger partial charge on any atom is -0.308 e. The second-order valence-electron chi connectivity index (χ2n) is 10.2. The number of aromatic nitrogens is 1. The largest absolute Gasteiger partial charge is 0.308 e. The molecule has 10 heteroatoms. The molecule has 7 nitrogen and oxygen atoms in total. The number of hydrogen-bond donors (Lipinski definition) is 0. The number of amides is 1. The quantitative estimate of drug-likeness (QED) is 0.270. The van der Waals surface area contributed by atoms with Gasteiger partial charge in [0.05, 0.1) is 15.1 Å². The standard InChI is InChI=1S/C27H38N4O3S3/c1-19(2)17-30(18-20(3)4)37(33,34)23-11-8-21(9-12-23)26(32)31(15-14-29(5)6)27-28-24-13-10-22(35-7)16-25(24)36-27/h8-13,16,19-20H,14-15,17-18H2,1-7H3. The zero-order chi connectivity index (χ0) is 27.3. The molecule has 2 aromatic carbocycles. The number of nitrogens with zero attached hydrogens (tertiary/aromatic N) is 4. The number of likely N-dealkylation sites (N-methyl/N-ethyl adjacent to an activating group) is 1. The fraction of sp³-hybridized carbons (Fsp3) is 0.481. The van der Waals surface area contributed by atoms with Gasteiger partial charge in [0.1, 0.15) is 0 Å². The Balaban J connectivity index is 1.92. The minimum absolute atomic E-state index is 0.198. The third-order valence-corrected chi connectivity index (χ3v) is 9.32. The van der Waals surface area contributed by atoms with Gasteiger partial charge in [-0.25, -0.2) is 13.4 Å². The molecule has 0 aliphatic heterocycles. The molecule has 0 radical (unpaired) electrons. The SMILES string of the molecule is CSc1ccc2nc(N(CCN(C)C)C(=O)c3ccc(S(=O)(=O)N(CC(C)C)CC(C)C)cc3)sc2c1. The smallest absolute Gasteiger partial charge is 0.260 e. The number of carbonyl (C=O) groups excluding carboxylic acids is 1. The lowest BCUT2D eigenvalue weighted by molar-refractivity contribution is 0.0985. The number of fused-ring (bicyclic) bond motifs is 1. The molecule has 3 aromatic rings. The first-order chi connectivity index (χ1) is 17.4. The highest BCUT2D eigenvalue weighted by Gasteiger charge is 2.27. The molecule has 3 rings (SSSR count). The Morgan fingerprint density at radius 3 is 2.14 bits per heavy atom. The lowest BCUT2D eigenvalue weighted by Gasteiger charge is -2.26. The summed E-state index contributed by atoms with van der Waals surface area (Å²) < 4.78 is 29.3. The number of thioether (sulfide) groups is 1. The van der Waals surface area contributed by atoms with Gasteiger partial charge in [0.25, 0.3) is 5.91 Å². The highest BCUT2D eigenvalue weighted by molar-refractivity contribution is 7.98. The van der Waals surface area contributed by atoms with Crippen molar-refractivity contribution in [3.05, 3.63) is 48.0 Å². The Bertz CT molecular complexity index is 1290. The molecule has 1 amide bonds. The fourth-order valence-corrected chi connectivity index (χ4v) is 7.19. The Kier molecular flexibility index (Phi) is 10.2. The Morgan fingerprint density at radius 1 is 0.973 bits per heavy atom. The summed E-state index contributed by atoms with van der Waals surface area (Å²) >= 11 is 3.16. The number of thiazole rings is 1. The van der Waals surface area contributed by atoms with Gasteiger partial charge in [-0.15, -0.1) is 11.8 Å². The van der Waals surface area contributed by atoms with E-state index in [0.717, 1.165) is 15.1 Å². The van der Waals surface area contributed by atoms with E-state index in [0.29, 0.717) is 36.9 Å². The third kappa shape index (κ3) is 7.54. The maximum atomic E-state index is 13.7. The molecular weight excluding hydrogens is 525 g/mol. The van der Waals surface area contributed by atoms with Gasteiger partial charge in [0.2, 0.25) is 10.0 Å². The zero-order valence-electron chi connectivity index (χ0n) is 22.8. The van der Waals surface area contributed by atoms with Gasteiger partial charge in [-0.05, 0) is 74.7 Å². The van der Waals surface area contributed by atoms with E-state index in [4.69, 9.17) is 4.98 Å². The summed E-state index contributed by atoms with van der Waals surface area (Å²) in [6.07, 6.45) is 2.03. The zero-order valence-corrected chi connectivity index (χ0v) is 25.2. The summed E-state index contributed by atoms with van der Waals surface area (Å²) in [5.74, 6) is 0.219. The number of anilines is 1. The molecule has 37 heavy (non-hydrogen) atoms. The van der Waals surface area contributed by atoms with Crippen LogP contribution in [0.5, 0.6) is 0 Å². The molecule has 0 bridgehead atoms. The molecule has 1 aromatic heterocycles. The summed E-state index contributed by atoms with van der Waals surface area (Å²) in [5, 5.41) is 0.636. The van der Waals surface area contributed by atoms with Crippen molar-refractivity contribution in [2.24, 2.45) is 11.8 Å². The molecular formula is C27H38N4O3S3. The van der Waals surface area contributed by atoms with Crippen LogP contribution in [0.25, 0.3) is 10.2 Å². The Labute approximate surface area is 229 Å². The third-order valence-electron chi connectivity index (χ3n) is 5.71. The van der Waals surface area contributed by atoms with Crippen LogP contribution in [0.2, 0.25) is 0 Å². The van der Waals surface area contributed by atoms with E-state index in [9.17, 15) is 13.2 Å². The van der Waals surface area contributed by atoms with Crippen LogP contribution in [-0.4, -0.2) is 75.0 Å². The number of rotatable bonds is 12. The first kappa shape index (κ1) is 29.6. The van der Waals surface area contributed by atoms with E-state index in [2.05, 4.69) is 6.07 Å². The average Bonchev–Trinajstić information content (AvgIpc) is 3.25. The first-order valence-electron chi connectivity index (χ1n) is 12.4. The summed E-state index contributed by atoms with van der Waals surface area (Å²) in [4.78, 5) is 23.5. The highest BCUT2D eigenvalue weighted by Crippen LogP contribution is 2.32. The minimum atomic E-state index is -3.66. The van der Waals surface area contributed by atoms with E-state index in [1.807, 2.05) is 65.1 Å². The van der Waals surface area contributed by atoms with Crippen molar-refractivity contribution in [2.45, 2.75) is 37.5 Å². The molecule has 0 atom stereocenters. The van der Waals surface area contributed by atoms with Crippen molar-refractivity contribution in [1.29, 1.82) is 0 Å². The number of hydrogen-bond acceptors (Lipinski definition) is 7. The average molecular weight is 563 g/mol. The maximum absolute atomic E-state index is 13.7. The Morgan fingerprint density at radius 2 is 1.59 bits per heavy atom. The molecule has 0 aliphatic carbocycles. The van der Waals surface area contributed by atoms with Crippen molar-refractivity contribution >= 4 is 54.4 Å². The summed E-state index contributed by atoms with van der Waals surface area (Å²) in [5.41, 5.74) is 1.29. The van der Waals surface area contributed by atoms with Gasteiger partial charge >= 0.3 is 0 Å². The predicted molar refractivity (Wildman–Crippen MR) is 157 cm³/mol. The highest BCUT2D eigenvalue weighted by atomic mass is 32.2. The number of sulfonamides is 1. The van der Waals surface area contributed by atoms with Crippen molar-refractivity contribution in [1.82, 2.24) is 14.2 Å². The molecule has 202 valence electrons. The van der Waals surface area contributed by atoms with Crippen molar-refractivity contribution in [3.8, 4) is 0 Å². The number of benzene rings is 2. The van der Waals surface area contributed by atoms with Gasteiger partial charge in [-0.1, -0.05) is 39.0 Å². The van der Waals surface area contributed by atoms with Crippen molar-refractivity contribution in [2.75, 3.05) is 51.4 Å². The predicted octanol–water partition coefficient (Wildman–Crippen LogP) is 5.53. The number of carbonyl (C=O) groups is 1. The lowest BCUT2D eigenvalue weighted by Crippen LogP contribution is -2.37.